The van der Waals surface area contributed by atoms with E-state index in [9.17, 15) is 43.9 Å². The molecule has 0 aliphatic carbocycles. The predicted octanol–water partition coefficient (Wildman–Crippen LogP) is 4.06. The van der Waals surface area contributed by atoms with Gasteiger partial charge < -0.3 is 0 Å². The van der Waals surface area contributed by atoms with Crippen LogP contribution >= 0.6 is 0 Å². The maximum atomic E-state index is 14.0. The van der Waals surface area contributed by atoms with Gasteiger partial charge in [0.25, 0.3) is 0 Å². The monoisotopic (exact) mass is 476 g/mol. The summed E-state index contributed by atoms with van der Waals surface area (Å²) in [5.74, 6) is -11.6. The van der Waals surface area contributed by atoms with Crippen LogP contribution in [0.1, 0.15) is 13.8 Å². The van der Waals surface area contributed by atoms with Gasteiger partial charge in [-0.3, -0.25) is 0 Å². The number of hydrogen-bond acceptors (Lipinski definition) is 2. The summed E-state index contributed by atoms with van der Waals surface area (Å²) < 4.78 is 130. The number of halogens is 10. The molecule has 0 saturated carbocycles. The van der Waals surface area contributed by atoms with Gasteiger partial charge in [0.1, 0.15) is 0 Å². The number of rotatable bonds is 8. The van der Waals surface area contributed by atoms with Gasteiger partial charge in [-0.15, -0.1) is 0 Å². The molecule has 0 amide bonds. The molecule has 2 unspecified atom stereocenters. The molecule has 0 aromatic rings. The Labute approximate surface area is 130 Å². The third-order valence-electron chi connectivity index (χ3n) is 3.24. The second-order valence-electron chi connectivity index (χ2n) is 4.65. The molecule has 0 saturated heterocycles. The van der Waals surface area contributed by atoms with Crippen LogP contribution in [0.5, 0.6) is 0 Å². The quantitative estimate of drug-likeness (QED) is 0.390. The fraction of sp³-hybridized carbons (Fsp3) is 1.00. The van der Waals surface area contributed by atoms with E-state index in [2.05, 4.69) is 6.15 Å². The summed E-state index contributed by atoms with van der Waals surface area (Å²) in [5.41, 5.74) is 0. The van der Waals surface area contributed by atoms with Gasteiger partial charge in [-0.1, -0.05) is 0 Å². The standard InChI is InChI=1S/2C4H4F5.2CH3O.Sn/c2*1-2(5)4(8,9)3(6)7;2*1-2;/h2*2H,1H3;2*1H3;/q;;2*-1;+2. The van der Waals surface area contributed by atoms with Crippen molar-refractivity contribution in [3.05, 3.63) is 0 Å². The van der Waals surface area contributed by atoms with Crippen LogP contribution in [0.4, 0.5) is 43.9 Å². The molecule has 2 nitrogen and oxygen atoms in total. The van der Waals surface area contributed by atoms with Crippen molar-refractivity contribution in [2.24, 2.45) is 0 Å². The summed E-state index contributed by atoms with van der Waals surface area (Å²) in [7, 11) is 0.0543. The third-order valence-corrected chi connectivity index (χ3v) is 13.1. The summed E-state index contributed by atoms with van der Waals surface area (Å²) in [6.45, 7) is -0.159. The SMILES string of the molecule is C[O][Sn]([O]C)([C](F)(F)C(F)(F)C(C)F)[C](F)(F)C(F)(F)C(C)F. The Balaban J connectivity index is 6.55. The minimum atomic E-state index is -8.22. The van der Waals surface area contributed by atoms with Crippen LogP contribution < -0.4 is 0 Å². The van der Waals surface area contributed by atoms with E-state index in [0.29, 0.717) is 0 Å². The molecule has 23 heavy (non-hydrogen) atoms. The van der Waals surface area contributed by atoms with Crippen LogP contribution in [0.2, 0.25) is 0 Å². The van der Waals surface area contributed by atoms with Crippen molar-refractivity contribution in [2.45, 2.75) is 45.9 Å². The zero-order valence-electron chi connectivity index (χ0n) is 12.3. The van der Waals surface area contributed by atoms with E-state index in [-0.39, 0.29) is 28.1 Å². The van der Waals surface area contributed by atoms with Crippen molar-refractivity contribution < 1.29 is 50.1 Å². The van der Waals surface area contributed by atoms with Gasteiger partial charge in [0.05, 0.1) is 0 Å². The molecule has 0 bridgehead atoms. The first-order valence-electron chi connectivity index (χ1n) is 5.91. The average Bonchev–Trinajstić information content (AvgIpc) is 2.39. The summed E-state index contributed by atoms with van der Waals surface area (Å²) in [6.07, 6.45) is -7.38. The van der Waals surface area contributed by atoms with Crippen molar-refractivity contribution in [3.8, 4) is 0 Å². The summed E-state index contributed by atoms with van der Waals surface area (Å²) >= 11 is -8.22. The Kier molecular flexibility index (Phi) is 6.74. The molecular weight excluding hydrogens is 461 g/mol. The zero-order chi connectivity index (χ0) is 19.1. The van der Waals surface area contributed by atoms with Crippen molar-refractivity contribution in [2.75, 3.05) is 14.2 Å². The Bertz CT molecular complexity index is 374. The fourth-order valence-corrected chi connectivity index (χ4v) is 9.90. The zero-order valence-corrected chi connectivity index (χ0v) is 15.1. The van der Waals surface area contributed by atoms with Crippen LogP contribution in [0.25, 0.3) is 0 Å². The van der Waals surface area contributed by atoms with E-state index < -0.39 is 51.3 Å². The summed E-state index contributed by atoms with van der Waals surface area (Å²) in [4.78, 5) is 0. The molecule has 0 fully saturated rings. The van der Waals surface area contributed by atoms with E-state index in [4.69, 9.17) is 0 Å². The minimum absolute atomic E-state index is 0.0271. The number of alkyl halides is 10. The predicted molar refractivity (Wildman–Crippen MR) is 60.7 cm³/mol. The van der Waals surface area contributed by atoms with E-state index in [1.807, 2.05) is 0 Å². The van der Waals surface area contributed by atoms with Gasteiger partial charge in [0, 0.05) is 0 Å². The first-order chi connectivity index (χ1) is 10.0. The third kappa shape index (κ3) is 3.02. The van der Waals surface area contributed by atoms with Crippen molar-refractivity contribution in [3.63, 3.8) is 0 Å². The Morgan fingerprint density at radius 2 is 0.870 bits per heavy atom. The fourth-order valence-electron chi connectivity index (χ4n) is 1.73. The maximum absolute atomic E-state index is 14.0. The molecule has 0 aliphatic rings. The molecule has 0 spiro atoms. The van der Waals surface area contributed by atoms with E-state index >= 15 is 0 Å². The van der Waals surface area contributed by atoms with Gasteiger partial charge in [-0.25, -0.2) is 0 Å². The number of hydrogen-bond donors (Lipinski definition) is 0. The Morgan fingerprint density at radius 3 is 1.00 bits per heavy atom. The van der Waals surface area contributed by atoms with Gasteiger partial charge in [-0.05, 0) is 0 Å². The van der Waals surface area contributed by atoms with E-state index in [1.165, 1.54) is 0 Å². The molecule has 0 aliphatic heterocycles. The van der Waals surface area contributed by atoms with E-state index in [1.54, 1.807) is 0 Å². The molecular formula is C10H14F10O2Sn. The molecule has 0 N–H and O–H groups in total. The first kappa shape index (κ1) is 23.0. The molecule has 0 radical (unpaired) electrons. The van der Waals surface area contributed by atoms with Crippen molar-refractivity contribution in [1.29, 1.82) is 0 Å². The summed E-state index contributed by atoms with van der Waals surface area (Å²) in [5, 5.41) is 0. The van der Waals surface area contributed by atoms with Crippen LogP contribution in [-0.2, 0) is 6.15 Å². The molecule has 13 heteroatoms. The van der Waals surface area contributed by atoms with Crippen molar-refractivity contribution in [1.82, 2.24) is 0 Å². The van der Waals surface area contributed by atoms with Crippen LogP contribution in [0.3, 0.4) is 0 Å². The molecule has 0 aromatic heterocycles. The normalized spacial score (nSPS) is 18.0. The van der Waals surface area contributed by atoms with Crippen LogP contribution in [0.15, 0.2) is 0 Å². The average molecular weight is 475 g/mol. The van der Waals surface area contributed by atoms with Crippen molar-refractivity contribution >= 4 is 19.2 Å². The van der Waals surface area contributed by atoms with Gasteiger partial charge in [-0.2, -0.15) is 0 Å². The van der Waals surface area contributed by atoms with Crippen LogP contribution in [-0.4, -0.2) is 65.5 Å². The molecule has 0 rings (SSSR count). The Morgan fingerprint density at radius 1 is 0.652 bits per heavy atom. The molecule has 0 aromatic carbocycles. The van der Waals surface area contributed by atoms with Gasteiger partial charge >= 0.3 is 129 Å². The van der Waals surface area contributed by atoms with Gasteiger partial charge in [0.2, 0.25) is 0 Å². The second kappa shape index (κ2) is 6.73. The Hall–Kier alpha value is 0.0187. The first-order valence-corrected chi connectivity index (χ1v) is 11.1. The van der Waals surface area contributed by atoms with E-state index in [0.717, 1.165) is 0 Å². The molecule has 0 heterocycles. The molecule has 2 atom stereocenters. The van der Waals surface area contributed by atoms with Crippen LogP contribution in [0, 0.1) is 0 Å². The second-order valence-corrected chi connectivity index (χ2v) is 14.1. The summed E-state index contributed by atoms with van der Waals surface area (Å²) in [6, 6.07) is 0. The molecule has 140 valence electrons. The van der Waals surface area contributed by atoms with Gasteiger partial charge in [0.15, 0.2) is 0 Å². The topological polar surface area (TPSA) is 18.5 Å².